The Labute approximate surface area is 220 Å². The molecule has 0 spiro atoms. The van der Waals surface area contributed by atoms with Crippen molar-refractivity contribution in [2.75, 3.05) is 79.0 Å². The van der Waals surface area contributed by atoms with E-state index in [1.54, 1.807) is 0 Å². The molecule has 0 atom stereocenters. The Morgan fingerprint density at radius 1 is 0.529 bits per heavy atom. The van der Waals surface area contributed by atoms with Gasteiger partial charge < -0.3 is 18.9 Å². The minimum atomic E-state index is 0.607. The Balaban J connectivity index is 1.45. The van der Waals surface area contributed by atoms with Crippen molar-refractivity contribution in [1.82, 2.24) is 9.80 Å². The predicted octanol–water partition coefficient (Wildman–Crippen LogP) is 4.60. The largest absolute Gasteiger partial charge is 0.378 e. The van der Waals surface area contributed by atoms with Crippen LogP contribution in [0.4, 0.5) is 0 Å². The highest BCUT2D eigenvalue weighted by Gasteiger charge is 2.09. The third-order valence-electron chi connectivity index (χ3n) is 5.54. The molecule has 0 bridgehead atoms. The summed E-state index contributed by atoms with van der Waals surface area (Å²) in [5.74, 6) is 0. The average Bonchev–Trinajstić information content (AvgIpc) is 2.81. The normalized spacial score (nSPS) is 19.4. The van der Waals surface area contributed by atoms with E-state index in [0.717, 1.165) is 48.2 Å². The zero-order chi connectivity index (χ0) is 23.8. The quantitative estimate of drug-likeness (QED) is 0.512. The summed E-state index contributed by atoms with van der Waals surface area (Å²) in [6.45, 7) is 10.3. The van der Waals surface area contributed by atoms with Crippen LogP contribution in [0.3, 0.4) is 0 Å². The molecule has 0 amide bonds. The monoisotopic (exact) mass is 598 g/mol. The highest BCUT2D eigenvalue weighted by molar-refractivity contribution is 9.10. The number of hydrogen-bond acceptors (Lipinski definition) is 6. The standard InChI is InChI=1S/C26H36Br2N2O4/c27-25-5-1-3-23(19-25)21-29-7-11-31-15-17-33-13-9-30(10-14-34-18-16-32-12-8-29)22-24-4-2-6-26(28)20-24/h1-6,19-20H,7-18,21-22H2. The van der Waals surface area contributed by atoms with Crippen molar-refractivity contribution in [3.8, 4) is 0 Å². The van der Waals surface area contributed by atoms with Crippen molar-refractivity contribution in [2.45, 2.75) is 13.1 Å². The third-order valence-corrected chi connectivity index (χ3v) is 6.53. The highest BCUT2D eigenvalue weighted by atomic mass is 79.9. The van der Waals surface area contributed by atoms with Gasteiger partial charge in [0.1, 0.15) is 0 Å². The summed E-state index contributed by atoms with van der Waals surface area (Å²) in [6.07, 6.45) is 0. The number of ether oxygens (including phenoxy) is 4. The Bertz CT molecular complexity index is 739. The zero-order valence-corrected chi connectivity index (χ0v) is 23.0. The third kappa shape index (κ3) is 11.7. The van der Waals surface area contributed by atoms with Crippen molar-refractivity contribution in [3.05, 3.63) is 68.6 Å². The molecule has 34 heavy (non-hydrogen) atoms. The van der Waals surface area contributed by atoms with Crippen molar-refractivity contribution >= 4 is 31.9 Å². The van der Waals surface area contributed by atoms with Crippen LogP contribution in [0.2, 0.25) is 0 Å². The van der Waals surface area contributed by atoms with E-state index in [9.17, 15) is 0 Å². The molecule has 188 valence electrons. The molecule has 1 heterocycles. The van der Waals surface area contributed by atoms with Gasteiger partial charge in [-0.15, -0.1) is 0 Å². The Morgan fingerprint density at radius 3 is 1.21 bits per heavy atom. The van der Waals surface area contributed by atoms with Crippen molar-refractivity contribution in [3.63, 3.8) is 0 Å². The van der Waals surface area contributed by atoms with E-state index in [1.165, 1.54) is 11.1 Å². The molecule has 6 nitrogen and oxygen atoms in total. The van der Waals surface area contributed by atoms with E-state index in [-0.39, 0.29) is 0 Å². The highest BCUT2D eigenvalue weighted by Crippen LogP contribution is 2.14. The van der Waals surface area contributed by atoms with Gasteiger partial charge in [0.25, 0.3) is 0 Å². The zero-order valence-electron chi connectivity index (χ0n) is 19.8. The van der Waals surface area contributed by atoms with E-state index in [1.807, 2.05) is 0 Å². The second-order valence-corrected chi connectivity index (χ2v) is 10.1. The molecule has 0 radical (unpaired) electrons. The second-order valence-electron chi connectivity index (χ2n) is 8.26. The number of hydrogen-bond donors (Lipinski definition) is 0. The summed E-state index contributed by atoms with van der Waals surface area (Å²) < 4.78 is 25.6. The summed E-state index contributed by atoms with van der Waals surface area (Å²) in [5.41, 5.74) is 2.55. The van der Waals surface area contributed by atoms with Crippen molar-refractivity contribution in [2.24, 2.45) is 0 Å². The molecular weight excluding hydrogens is 564 g/mol. The average molecular weight is 600 g/mol. The smallest absolute Gasteiger partial charge is 0.0701 e. The molecule has 0 saturated carbocycles. The molecular formula is C26H36Br2N2O4. The molecule has 2 aromatic rings. The summed E-state index contributed by atoms with van der Waals surface area (Å²) >= 11 is 7.12. The molecule has 1 saturated heterocycles. The minimum Gasteiger partial charge on any atom is -0.378 e. The lowest BCUT2D eigenvalue weighted by Crippen LogP contribution is -2.32. The first-order valence-electron chi connectivity index (χ1n) is 11.9. The number of nitrogens with zero attached hydrogens (tertiary/aromatic N) is 2. The van der Waals surface area contributed by atoms with E-state index in [0.29, 0.717) is 52.9 Å². The van der Waals surface area contributed by atoms with E-state index >= 15 is 0 Å². The summed E-state index contributed by atoms with van der Waals surface area (Å²) in [7, 11) is 0. The van der Waals surface area contributed by atoms with Crippen molar-refractivity contribution in [1.29, 1.82) is 0 Å². The molecule has 1 aliphatic heterocycles. The van der Waals surface area contributed by atoms with E-state index in [4.69, 9.17) is 18.9 Å². The fourth-order valence-corrected chi connectivity index (χ4v) is 4.64. The number of rotatable bonds is 4. The topological polar surface area (TPSA) is 43.4 Å². The van der Waals surface area contributed by atoms with Crippen LogP contribution in [0.25, 0.3) is 0 Å². The summed E-state index contributed by atoms with van der Waals surface area (Å²) in [5, 5.41) is 0. The molecule has 0 N–H and O–H groups in total. The van der Waals surface area contributed by atoms with Crippen LogP contribution >= 0.6 is 31.9 Å². The Kier molecular flexibility index (Phi) is 13.7. The molecule has 2 aromatic carbocycles. The maximum atomic E-state index is 5.85. The van der Waals surface area contributed by atoms with Crippen LogP contribution in [0.5, 0.6) is 0 Å². The molecule has 0 aromatic heterocycles. The maximum Gasteiger partial charge on any atom is 0.0701 e. The van der Waals surface area contributed by atoms with Crippen LogP contribution in [0, 0.1) is 0 Å². The first-order valence-corrected chi connectivity index (χ1v) is 13.5. The lowest BCUT2D eigenvalue weighted by Gasteiger charge is -2.24. The summed E-state index contributed by atoms with van der Waals surface area (Å²) in [4.78, 5) is 4.73. The van der Waals surface area contributed by atoms with Gasteiger partial charge >= 0.3 is 0 Å². The van der Waals surface area contributed by atoms with Crippen LogP contribution < -0.4 is 0 Å². The first kappa shape index (κ1) is 27.7. The molecule has 8 heteroatoms. The van der Waals surface area contributed by atoms with Gasteiger partial charge in [0, 0.05) is 48.2 Å². The van der Waals surface area contributed by atoms with Gasteiger partial charge in [0.05, 0.1) is 52.9 Å². The Morgan fingerprint density at radius 2 is 0.882 bits per heavy atom. The summed E-state index contributed by atoms with van der Waals surface area (Å²) in [6, 6.07) is 16.9. The predicted molar refractivity (Wildman–Crippen MR) is 142 cm³/mol. The fraction of sp³-hybridized carbons (Fsp3) is 0.538. The van der Waals surface area contributed by atoms with E-state index in [2.05, 4.69) is 90.2 Å². The van der Waals surface area contributed by atoms with Crippen LogP contribution in [0.15, 0.2) is 57.5 Å². The molecule has 3 rings (SSSR count). The van der Waals surface area contributed by atoms with Gasteiger partial charge in [-0.3, -0.25) is 9.80 Å². The minimum absolute atomic E-state index is 0.607. The van der Waals surface area contributed by atoms with Gasteiger partial charge in [0.15, 0.2) is 0 Å². The Hall–Kier alpha value is -0.840. The molecule has 1 fully saturated rings. The number of benzene rings is 2. The van der Waals surface area contributed by atoms with Gasteiger partial charge in [-0.05, 0) is 35.4 Å². The molecule has 1 aliphatic rings. The molecule has 0 unspecified atom stereocenters. The SMILES string of the molecule is Brc1cccc(CN2CCOCCOCCN(Cc3cccc(Br)c3)CCOCCOCC2)c1. The fourth-order valence-electron chi connectivity index (χ4n) is 3.75. The van der Waals surface area contributed by atoms with Gasteiger partial charge in [0.2, 0.25) is 0 Å². The lowest BCUT2D eigenvalue weighted by atomic mass is 10.2. The van der Waals surface area contributed by atoms with Crippen molar-refractivity contribution < 1.29 is 18.9 Å². The van der Waals surface area contributed by atoms with Gasteiger partial charge in [-0.1, -0.05) is 56.1 Å². The van der Waals surface area contributed by atoms with Gasteiger partial charge in [-0.25, -0.2) is 0 Å². The maximum absolute atomic E-state index is 5.85. The first-order chi connectivity index (χ1) is 16.7. The lowest BCUT2D eigenvalue weighted by molar-refractivity contribution is 0.00624. The second kappa shape index (κ2) is 16.8. The molecule has 0 aliphatic carbocycles. The van der Waals surface area contributed by atoms with Gasteiger partial charge in [-0.2, -0.15) is 0 Å². The van der Waals surface area contributed by atoms with Crippen LogP contribution in [0.1, 0.15) is 11.1 Å². The number of halogens is 2. The van der Waals surface area contributed by atoms with Crippen LogP contribution in [-0.2, 0) is 32.0 Å². The van der Waals surface area contributed by atoms with Crippen LogP contribution in [-0.4, -0.2) is 88.8 Å². The van der Waals surface area contributed by atoms with E-state index < -0.39 is 0 Å².